The number of hydrogen-bond donors (Lipinski definition) is 1. The summed E-state index contributed by atoms with van der Waals surface area (Å²) in [5.74, 6) is 0.589. The molecule has 0 radical (unpaired) electrons. The Balaban J connectivity index is 1.72. The average molecular weight is 392 g/mol. The lowest BCUT2D eigenvalue weighted by Gasteiger charge is -2.43. The van der Waals surface area contributed by atoms with Gasteiger partial charge in [0.15, 0.2) is 0 Å². The highest BCUT2D eigenvalue weighted by atomic mass is 35.5. The van der Waals surface area contributed by atoms with E-state index < -0.39 is 0 Å². The molecule has 2 amide bonds. The number of hydrogen-bond acceptors (Lipinski definition) is 3. The van der Waals surface area contributed by atoms with Crippen LogP contribution in [0, 0.1) is 5.92 Å². The van der Waals surface area contributed by atoms with Gasteiger partial charge in [0.2, 0.25) is 5.91 Å². The standard InChI is InChI=1S/C21H30ClN3O2/c1-15-6-4-10-24(13-15)21(2,3)14-23-20(27)17-9-8-16(22)12-18(17)25-11-5-7-19(25)26/h8-9,12,15H,4-7,10-11,13-14H2,1-3H3,(H,23,27). The molecule has 2 saturated heterocycles. The van der Waals surface area contributed by atoms with Gasteiger partial charge in [-0.3, -0.25) is 14.5 Å². The smallest absolute Gasteiger partial charge is 0.253 e. The van der Waals surface area contributed by atoms with Gasteiger partial charge in [-0.15, -0.1) is 0 Å². The van der Waals surface area contributed by atoms with E-state index in [1.807, 2.05) is 0 Å². The van der Waals surface area contributed by atoms with Gasteiger partial charge in [-0.25, -0.2) is 0 Å². The van der Waals surface area contributed by atoms with Gasteiger partial charge in [-0.2, -0.15) is 0 Å². The lowest BCUT2D eigenvalue weighted by atomic mass is 9.93. The summed E-state index contributed by atoms with van der Waals surface area (Å²) in [7, 11) is 0. The molecule has 3 rings (SSSR count). The van der Waals surface area contributed by atoms with Crippen LogP contribution in [-0.2, 0) is 4.79 Å². The van der Waals surface area contributed by atoms with Crippen LogP contribution >= 0.6 is 11.6 Å². The molecule has 1 aromatic carbocycles. The first-order valence-electron chi connectivity index (χ1n) is 9.91. The van der Waals surface area contributed by atoms with E-state index in [4.69, 9.17) is 11.6 Å². The molecule has 2 fully saturated rings. The van der Waals surface area contributed by atoms with Gasteiger partial charge in [0.25, 0.3) is 5.91 Å². The van der Waals surface area contributed by atoms with Crippen molar-refractivity contribution in [3.8, 4) is 0 Å². The third-order valence-corrected chi connectivity index (χ3v) is 6.00. The van der Waals surface area contributed by atoms with E-state index in [2.05, 4.69) is 31.0 Å². The molecule has 148 valence electrons. The van der Waals surface area contributed by atoms with E-state index in [-0.39, 0.29) is 17.4 Å². The third-order valence-electron chi connectivity index (χ3n) is 5.76. The van der Waals surface area contributed by atoms with Crippen LogP contribution in [0.1, 0.15) is 56.8 Å². The highest BCUT2D eigenvalue weighted by molar-refractivity contribution is 6.31. The van der Waals surface area contributed by atoms with Gasteiger partial charge in [0.05, 0.1) is 11.3 Å². The number of likely N-dealkylation sites (tertiary alicyclic amines) is 1. The van der Waals surface area contributed by atoms with E-state index in [1.165, 1.54) is 12.8 Å². The van der Waals surface area contributed by atoms with Crippen molar-refractivity contribution < 1.29 is 9.59 Å². The molecule has 2 aliphatic rings. The van der Waals surface area contributed by atoms with Gasteiger partial charge in [0.1, 0.15) is 0 Å². The number of carbonyl (C=O) groups is 2. The molecule has 6 heteroatoms. The summed E-state index contributed by atoms with van der Waals surface area (Å²) in [5.41, 5.74) is 1.02. The Labute approximate surface area is 167 Å². The number of benzene rings is 1. The van der Waals surface area contributed by atoms with Crippen LogP contribution in [0.4, 0.5) is 5.69 Å². The Kier molecular flexibility index (Phi) is 6.11. The molecule has 1 N–H and O–H groups in total. The second-order valence-corrected chi connectivity index (χ2v) is 8.94. The fraction of sp³-hybridized carbons (Fsp3) is 0.619. The Morgan fingerprint density at radius 1 is 1.30 bits per heavy atom. The van der Waals surface area contributed by atoms with Crippen molar-refractivity contribution in [1.29, 1.82) is 0 Å². The fourth-order valence-electron chi connectivity index (χ4n) is 4.07. The van der Waals surface area contributed by atoms with Crippen molar-refractivity contribution in [2.24, 2.45) is 5.92 Å². The number of piperidine rings is 1. The second-order valence-electron chi connectivity index (χ2n) is 8.50. The zero-order valence-electron chi connectivity index (χ0n) is 16.6. The zero-order valence-corrected chi connectivity index (χ0v) is 17.3. The molecular formula is C21H30ClN3O2. The first-order chi connectivity index (χ1) is 12.8. The van der Waals surface area contributed by atoms with Crippen LogP contribution in [0.2, 0.25) is 5.02 Å². The van der Waals surface area contributed by atoms with Crippen molar-refractivity contribution in [1.82, 2.24) is 10.2 Å². The fourth-order valence-corrected chi connectivity index (χ4v) is 4.23. The van der Waals surface area contributed by atoms with Crippen molar-refractivity contribution in [3.63, 3.8) is 0 Å². The Bertz CT molecular complexity index is 719. The first kappa shape index (κ1) is 20.2. The van der Waals surface area contributed by atoms with Gasteiger partial charge in [0, 0.05) is 36.6 Å². The minimum absolute atomic E-state index is 0.0500. The summed E-state index contributed by atoms with van der Waals surface area (Å²) in [5, 5.41) is 3.62. The molecule has 0 aromatic heterocycles. The highest BCUT2D eigenvalue weighted by Crippen LogP contribution is 2.29. The van der Waals surface area contributed by atoms with Gasteiger partial charge < -0.3 is 10.2 Å². The van der Waals surface area contributed by atoms with Crippen LogP contribution in [0.15, 0.2) is 18.2 Å². The van der Waals surface area contributed by atoms with E-state index in [0.29, 0.717) is 41.7 Å². The Morgan fingerprint density at radius 2 is 2.07 bits per heavy atom. The molecule has 1 aromatic rings. The summed E-state index contributed by atoms with van der Waals surface area (Å²) in [4.78, 5) is 29.2. The van der Waals surface area contributed by atoms with Crippen molar-refractivity contribution in [3.05, 3.63) is 28.8 Å². The summed E-state index contributed by atoms with van der Waals surface area (Å²) in [6, 6.07) is 5.14. The number of carbonyl (C=O) groups excluding carboxylic acids is 2. The molecular weight excluding hydrogens is 362 g/mol. The summed E-state index contributed by atoms with van der Waals surface area (Å²) >= 11 is 6.14. The topological polar surface area (TPSA) is 52.7 Å². The number of halogens is 1. The quantitative estimate of drug-likeness (QED) is 0.832. The minimum atomic E-state index is -0.153. The first-order valence-corrected chi connectivity index (χ1v) is 10.3. The Hall–Kier alpha value is -1.59. The molecule has 1 unspecified atom stereocenters. The molecule has 2 heterocycles. The summed E-state index contributed by atoms with van der Waals surface area (Å²) < 4.78 is 0. The Morgan fingerprint density at radius 3 is 2.74 bits per heavy atom. The number of anilines is 1. The molecule has 5 nitrogen and oxygen atoms in total. The molecule has 27 heavy (non-hydrogen) atoms. The van der Waals surface area contributed by atoms with E-state index in [9.17, 15) is 9.59 Å². The number of amides is 2. The largest absolute Gasteiger partial charge is 0.350 e. The molecule has 0 saturated carbocycles. The lowest BCUT2D eigenvalue weighted by Crippen LogP contribution is -2.54. The van der Waals surface area contributed by atoms with Crippen LogP contribution in [-0.4, -0.2) is 48.4 Å². The predicted octanol–water partition coefficient (Wildman–Crippen LogP) is 3.71. The molecule has 1 atom stereocenters. The van der Waals surface area contributed by atoms with Crippen molar-refractivity contribution in [2.75, 3.05) is 31.1 Å². The number of nitrogens with zero attached hydrogens (tertiary/aromatic N) is 2. The van der Waals surface area contributed by atoms with Crippen LogP contribution in [0.5, 0.6) is 0 Å². The summed E-state index contributed by atoms with van der Waals surface area (Å²) in [6.07, 6.45) is 3.81. The summed E-state index contributed by atoms with van der Waals surface area (Å²) in [6.45, 7) is 9.98. The minimum Gasteiger partial charge on any atom is -0.350 e. The van der Waals surface area contributed by atoms with Crippen LogP contribution in [0.3, 0.4) is 0 Å². The van der Waals surface area contributed by atoms with Crippen molar-refractivity contribution >= 4 is 29.1 Å². The maximum absolute atomic E-state index is 12.9. The zero-order chi connectivity index (χ0) is 19.6. The average Bonchev–Trinajstić information content (AvgIpc) is 3.05. The van der Waals surface area contributed by atoms with Crippen LogP contribution < -0.4 is 10.2 Å². The molecule has 0 spiro atoms. The maximum Gasteiger partial charge on any atom is 0.253 e. The third kappa shape index (κ3) is 4.64. The van der Waals surface area contributed by atoms with E-state index in [0.717, 1.165) is 19.5 Å². The number of rotatable bonds is 5. The van der Waals surface area contributed by atoms with Crippen molar-refractivity contribution in [2.45, 2.75) is 52.0 Å². The van der Waals surface area contributed by atoms with Gasteiger partial charge >= 0.3 is 0 Å². The second kappa shape index (κ2) is 8.19. The van der Waals surface area contributed by atoms with E-state index in [1.54, 1.807) is 23.1 Å². The molecule has 2 aliphatic heterocycles. The number of nitrogens with one attached hydrogen (secondary N) is 1. The van der Waals surface area contributed by atoms with E-state index >= 15 is 0 Å². The monoisotopic (exact) mass is 391 g/mol. The molecule has 0 bridgehead atoms. The molecule has 0 aliphatic carbocycles. The van der Waals surface area contributed by atoms with Gasteiger partial charge in [-0.05, 0) is 63.8 Å². The lowest BCUT2D eigenvalue weighted by molar-refractivity contribution is -0.117. The highest BCUT2D eigenvalue weighted by Gasteiger charge is 2.31. The van der Waals surface area contributed by atoms with Gasteiger partial charge in [-0.1, -0.05) is 18.5 Å². The van der Waals surface area contributed by atoms with Crippen LogP contribution in [0.25, 0.3) is 0 Å². The normalized spacial score (nSPS) is 21.6. The predicted molar refractivity (Wildman–Crippen MR) is 109 cm³/mol. The maximum atomic E-state index is 12.9. The SMILES string of the molecule is CC1CCCN(C(C)(C)CNC(=O)c2ccc(Cl)cc2N2CCCC2=O)C1.